The van der Waals surface area contributed by atoms with Crippen molar-refractivity contribution in [2.75, 3.05) is 26.7 Å². The van der Waals surface area contributed by atoms with Crippen LogP contribution in [-0.4, -0.2) is 56.4 Å². The van der Waals surface area contributed by atoms with Gasteiger partial charge < -0.3 is 4.52 Å². The molecular weight excluding hydrogens is 304 g/mol. The lowest BCUT2D eigenvalue weighted by molar-refractivity contribution is 0.0711. The van der Waals surface area contributed by atoms with E-state index < -0.39 is 0 Å². The Morgan fingerprint density at radius 1 is 1.25 bits per heavy atom. The number of hydrogen-bond donors (Lipinski definition) is 0. The molecule has 2 aromatic heterocycles. The molecule has 3 heterocycles. The molecule has 0 amide bonds. The molecule has 1 aliphatic heterocycles. The molecule has 7 heteroatoms. The monoisotopic (exact) mass is 332 g/mol. The number of likely N-dealkylation sites (N-methyl/N-ethyl adjacent to an activating group) is 1. The van der Waals surface area contributed by atoms with E-state index in [4.69, 9.17) is 4.52 Å². The van der Waals surface area contributed by atoms with Gasteiger partial charge in [0.25, 0.3) is 0 Å². The van der Waals surface area contributed by atoms with Crippen molar-refractivity contribution in [2.24, 2.45) is 7.05 Å². The van der Waals surface area contributed by atoms with Crippen molar-refractivity contribution in [1.29, 1.82) is 0 Å². The second-order valence-corrected chi connectivity index (χ2v) is 7.84. The number of aryl methyl sites for hydroxylation is 2. The quantitative estimate of drug-likeness (QED) is 0.855. The molecule has 7 nitrogen and oxygen atoms in total. The Morgan fingerprint density at radius 2 is 2.00 bits per heavy atom. The van der Waals surface area contributed by atoms with Gasteiger partial charge in [-0.3, -0.25) is 14.5 Å². The molecule has 0 bridgehead atoms. The second kappa shape index (κ2) is 6.29. The van der Waals surface area contributed by atoms with Gasteiger partial charge in [0.05, 0.1) is 5.69 Å². The number of rotatable bonds is 3. The summed E-state index contributed by atoms with van der Waals surface area (Å²) in [4.78, 5) is 9.17. The molecule has 1 aliphatic rings. The van der Waals surface area contributed by atoms with E-state index in [0.29, 0.717) is 11.7 Å². The van der Waals surface area contributed by atoms with Gasteiger partial charge in [0.1, 0.15) is 6.04 Å². The first-order valence-corrected chi connectivity index (χ1v) is 8.50. The van der Waals surface area contributed by atoms with Crippen LogP contribution in [0.1, 0.15) is 49.8 Å². The van der Waals surface area contributed by atoms with E-state index >= 15 is 0 Å². The summed E-state index contributed by atoms with van der Waals surface area (Å²) in [6.07, 6.45) is 2.14. The Morgan fingerprint density at radius 3 is 2.62 bits per heavy atom. The molecular formula is C17H28N6O. The fraction of sp³-hybridized carbons (Fsp3) is 0.706. The minimum Gasteiger partial charge on any atom is -0.338 e. The maximum absolute atomic E-state index is 5.41. The number of aromatic nitrogens is 4. The minimum atomic E-state index is 0.0478. The van der Waals surface area contributed by atoms with Crippen molar-refractivity contribution in [3.8, 4) is 0 Å². The van der Waals surface area contributed by atoms with Crippen LogP contribution in [-0.2, 0) is 19.0 Å². The normalized spacial score (nSPS) is 20.7. The first-order valence-electron chi connectivity index (χ1n) is 8.50. The average Bonchev–Trinajstić information content (AvgIpc) is 3.06. The van der Waals surface area contributed by atoms with Crippen LogP contribution in [0, 0.1) is 6.92 Å². The highest BCUT2D eigenvalue weighted by Crippen LogP contribution is 2.28. The molecule has 0 unspecified atom stereocenters. The highest BCUT2D eigenvalue weighted by atomic mass is 16.5. The third-order valence-corrected chi connectivity index (χ3v) is 4.57. The zero-order valence-corrected chi connectivity index (χ0v) is 15.6. The molecule has 0 aliphatic carbocycles. The smallest absolute Gasteiger partial charge is 0.245 e. The van der Waals surface area contributed by atoms with Crippen LogP contribution in [0.5, 0.6) is 0 Å². The molecule has 2 aromatic rings. The summed E-state index contributed by atoms with van der Waals surface area (Å²) in [5.41, 5.74) is 2.52. The van der Waals surface area contributed by atoms with Crippen molar-refractivity contribution < 1.29 is 4.52 Å². The van der Waals surface area contributed by atoms with E-state index in [9.17, 15) is 0 Å². The summed E-state index contributed by atoms with van der Waals surface area (Å²) < 4.78 is 7.33. The standard InChI is InChI=1S/C17H28N6O/c1-12-18-16(24-20-12)14-11-23(8-7-21(14)5)10-13-9-22(6)19-15(13)17(2,3)4/h9,14H,7-8,10-11H2,1-6H3/t14-/m1/s1. The molecule has 0 spiro atoms. The molecule has 1 fully saturated rings. The zero-order valence-electron chi connectivity index (χ0n) is 15.6. The van der Waals surface area contributed by atoms with E-state index in [-0.39, 0.29) is 11.5 Å². The minimum absolute atomic E-state index is 0.0478. The van der Waals surface area contributed by atoms with E-state index in [1.807, 2.05) is 18.7 Å². The lowest BCUT2D eigenvalue weighted by Crippen LogP contribution is -2.46. The highest BCUT2D eigenvalue weighted by molar-refractivity contribution is 5.24. The highest BCUT2D eigenvalue weighted by Gasteiger charge is 2.31. The Bertz CT molecular complexity index is 698. The summed E-state index contributed by atoms with van der Waals surface area (Å²) in [6.45, 7) is 12.3. The average molecular weight is 332 g/mol. The SMILES string of the molecule is Cc1noc([C@H]2CN(Cc3cn(C)nc3C(C)(C)C)CCN2C)n1. The van der Waals surface area contributed by atoms with Crippen molar-refractivity contribution in [2.45, 2.75) is 45.7 Å². The molecule has 0 aromatic carbocycles. The van der Waals surface area contributed by atoms with Gasteiger partial charge in [-0.05, 0) is 14.0 Å². The molecule has 3 rings (SSSR count). The van der Waals surface area contributed by atoms with E-state index in [0.717, 1.165) is 26.2 Å². The second-order valence-electron chi connectivity index (χ2n) is 7.84. The van der Waals surface area contributed by atoms with Crippen molar-refractivity contribution >= 4 is 0 Å². The Kier molecular flexibility index (Phi) is 4.48. The molecule has 1 atom stereocenters. The molecule has 0 saturated carbocycles. The molecule has 24 heavy (non-hydrogen) atoms. The Hall–Kier alpha value is -1.73. The predicted octanol–water partition coefficient (Wildman–Crippen LogP) is 1.90. The van der Waals surface area contributed by atoms with Crippen LogP contribution in [0.2, 0.25) is 0 Å². The molecule has 132 valence electrons. The van der Waals surface area contributed by atoms with Crippen molar-refractivity contribution in [3.05, 3.63) is 29.2 Å². The Balaban J connectivity index is 1.77. The van der Waals surface area contributed by atoms with Crippen LogP contribution < -0.4 is 0 Å². The van der Waals surface area contributed by atoms with Crippen LogP contribution in [0.3, 0.4) is 0 Å². The van der Waals surface area contributed by atoms with Gasteiger partial charge in [-0.1, -0.05) is 25.9 Å². The first kappa shape index (κ1) is 17.1. The fourth-order valence-corrected chi connectivity index (χ4v) is 3.31. The summed E-state index contributed by atoms with van der Waals surface area (Å²) in [6, 6.07) is 0.148. The molecule has 0 radical (unpaired) electrons. The summed E-state index contributed by atoms with van der Waals surface area (Å²) >= 11 is 0. The van der Waals surface area contributed by atoms with Crippen molar-refractivity contribution in [1.82, 2.24) is 29.7 Å². The zero-order chi connectivity index (χ0) is 17.5. The summed E-state index contributed by atoms with van der Waals surface area (Å²) in [5.74, 6) is 1.40. The Labute approximate surface area is 143 Å². The topological polar surface area (TPSA) is 63.2 Å². The van der Waals surface area contributed by atoms with Crippen LogP contribution in [0.4, 0.5) is 0 Å². The van der Waals surface area contributed by atoms with Crippen LogP contribution in [0.25, 0.3) is 0 Å². The van der Waals surface area contributed by atoms with Crippen LogP contribution in [0.15, 0.2) is 10.7 Å². The lowest BCUT2D eigenvalue weighted by atomic mass is 9.89. The van der Waals surface area contributed by atoms with E-state index in [1.54, 1.807) is 0 Å². The largest absolute Gasteiger partial charge is 0.338 e. The maximum Gasteiger partial charge on any atom is 0.245 e. The fourth-order valence-electron chi connectivity index (χ4n) is 3.31. The summed E-state index contributed by atoms with van der Waals surface area (Å²) in [7, 11) is 4.11. The third-order valence-electron chi connectivity index (χ3n) is 4.57. The van der Waals surface area contributed by atoms with Crippen LogP contribution >= 0.6 is 0 Å². The third kappa shape index (κ3) is 3.52. The van der Waals surface area contributed by atoms with Gasteiger partial charge in [0, 0.05) is 50.4 Å². The van der Waals surface area contributed by atoms with Gasteiger partial charge in [-0.25, -0.2) is 0 Å². The number of nitrogens with zero attached hydrogens (tertiary/aromatic N) is 6. The maximum atomic E-state index is 5.41. The lowest BCUT2D eigenvalue weighted by Gasteiger charge is -2.37. The predicted molar refractivity (Wildman–Crippen MR) is 91.6 cm³/mol. The van der Waals surface area contributed by atoms with Gasteiger partial charge in [0.15, 0.2) is 5.82 Å². The van der Waals surface area contributed by atoms with Gasteiger partial charge in [-0.15, -0.1) is 0 Å². The van der Waals surface area contributed by atoms with E-state index in [2.05, 4.69) is 59.1 Å². The number of piperazine rings is 1. The first-order chi connectivity index (χ1) is 11.2. The van der Waals surface area contributed by atoms with Gasteiger partial charge in [0.2, 0.25) is 5.89 Å². The molecule has 0 N–H and O–H groups in total. The van der Waals surface area contributed by atoms with Gasteiger partial charge in [-0.2, -0.15) is 10.1 Å². The van der Waals surface area contributed by atoms with E-state index in [1.165, 1.54) is 11.3 Å². The van der Waals surface area contributed by atoms with Crippen molar-refractivity contribution in [3.63, 3.8) is 0 Å². The number of hydrogen-bond acceptors (Lipinski definition) is 6. The molecule has 1 saturated heterocycles. The van der Waals surface area contributed by atoms with Gasteiger partial charge >= 0.3 is 0 Å². The summed E-state index contributed by atoms with van der Waals surface area (Å²) in [5, 5.41) is 8.62.